The van der Waals surface area contributed by atoms with Crippen molar-refractivity contribution in [2.75, 3.05) is 11.9 Å². The van der Waals surface area contributed by atoms with Gasteiger partial charge in [0.2, 0.25) is 15.9 Å². The number of halogens is 3. The van der Waals surface area contributed by atoms with Crippen molar-refractivity contribution in [3.63, 3.8) is 0 Å². The zero-order valence-corrected chi connectivity index (χ0v) is 17.9. The lowest BCUT2D eigenvalue weighted by Gasteiger charge is -2.23. The summed E-state index contributed by atoms with van der Waals surface area (Å²) < 4.78 is 40.9. The summed E-state index contributed by atoms with van der Waals surface area (Å²) in [5, 5.41) is 3.64. The van der Waals surface area contributed by atoms with Crippen LogP contribution in [-0.4, -0.2) is 36.2 Å². The molecule has 1 atom stereocenters. The highest BCUT2D eigenvalue weighted by atomic mass is 35.5. The van der Waals surface area contributed by atoms with Gasteiger partial charge in [0, 0.05) is 6.54 Å². The number of fused-ring (bicyclic) bond motifs is 1. The number of sulfonamides is 1. The summed E-state index contributed by atoms with van der Waals surface area (Å²) in [6.45, 7) is 0.207. The van der Waals surface area contributed by atoms with Crippen LogP contribution in [0.25, 0.3) is 10.2 Å². The lowest BCUT2D eigenvalue weighted by Crippen LogP contribution is -2.43. The number of hydrogen-bond donors (Lipinski definition) is 1. The molecule has 1 aliphatic rings. The minimum absolute atomic E-state index is 0.0555. The van der Waals surface area contributed by atoms with E-state index in [1.54, 1.807) is 12.1 Å². The van der Waals surface area contributed by atoms with Gasteiger partial charge in [0.1, 0.15) is 17.4 Å². The second kappa shape index (κ2) is 7.81. The molecule has 0 spiro atoms. The first-order valence-corrected chi connectivity index (χ1v) is 11.6. The summed E-state index contributed by atoms with van der Waals surface area (Å²) in [6, 6.07) is 7.05. The van der Waals surface area contributed by atoms with Crippen LogP contribution >= 0.6 is 34.5 Å². The Morgan fingerprint density at radius 1 is 1.21 bits per heavy atom. The van der Waals surface area contributed by atoms with Crippen LogP contribution in [0.2, 0.25) is 10.0 Å². The van der Waals surface area contributed by atoms with Gasteiger partial charge in [0.15, 0.2) is 5.13 Å². The quantitative estimate of drug-likeness (QED) is 0.603. The number of anilines is 1. The van der Waals surface area contributed by atoms with Gasteiger partial charge in [0.05, 0.1) is 19.6 Å². The highest BCUT2D eigenvalue weighted by Crippen LogP contribution is 2.35. The molecule has 1 unspecified atom stereocenters. The SMILES string of the molecule is O=C(Nc1nc2c(Cl)c(Cl)ccc2s1)C1CCCN1S(=O)(=O)c1ccc(F)cc1. The van der Waals surface area contributed by atoms with Crippen molar-refractivity contribution < 1.29 is 17.6 Å². The molecule has 1 aromatic heterocycles. The number of benzene rings is 2. The molecule has 152 valence electrons. The van der Waals surface area contributed by atoms with E-state index in [1.807, 2.05) is 0 Å². The van der Waals surface area contributed by atoms with Crippen molar-refractivity contribution >= 4 is 65.8 Å². The van der Waals surface area contributed by atoms with Gasteiger partial charge in [-0.05, 0) is 49.2 Å². The minimum Gasteiger partial charge on any atom is -0.301 e. The summed E-state index contributed by atoms with van der Waals surface area (Å²) >= 11 is 13.4. The van der Waals surface area contributed by atoms with Crippen molar-refractivity contribution in [3.05, 3.63) is 52.3 Å². The summed E-state index contributed by atoms with van der Waals surface area (Å²) in [4.78, 5) is 17.1. The van der Waals surface area contributed by atoms with Crippen molar-refractivity contribution in [2.24, 2.45) is 0 Å². The normalized spacial score (nSPS) is 17.7. The number of thiazole rings is 1. The van der Waals surface area contributed by atoms with Gasteiger partial charge >= 0.3 is 0 Å². The number of hydrogen-bond acceptors (Lipinski definition) is 5. The number of carbonyl (C=O) groups is 1. The predicted octanol–water partition coefficient (Wildman–Crippen LogP) is 4.53. The molecular weight excluding hydrogens is 460 g/mol. The van der Waals surface area contributed by atoms with E-state index in [-0.39, 0.29) is 11.4 Å². The number of nitrogens with one attached hydrogen (secondary N) is 1. The molecule has 0 radical (unpaired) electrons. The van der Waals surface area contributed by atoms with E-state index in [2.05, 4.69) is 10.3 Å². The Morgan fingerprint density at radius 2 is 1.93 bits per heavy atom. The van der Waals surface area contributed by atoms with Gasteiger partial charge in [-0.25, -0.2) is 17.8 Å². The Morgan fingerprint density at radius 3 is 2.66 bits per heavy atom. The van der Waals surface area contributed by atoms with Crippen LogP contribution < -0.4 is 5.32 Å². The zero-order chi connectivity index (χ0) is 20.8. The third-order valence-corrected chi connectivity index (χ3v) is 8.26. The highest BCUT2D eigenvalue weighted by Gasteiger charge is 2.39. The Bertz CT molecular complexity index is 1200. The van der Waals surface area contributed by atoms with Gasteiger partial charge in [-0.1, -0.05) is 34.5 Å². The number of amides is 1. The third-order valence-electron chi connectivity index (χ3n) is 4.61. The molecule has 1 N–H and O–H groups in total. The fraction of sp³-hybridized carbons (Fsp3) is 0.222. The van der Waals surface area contributed by atoms with E-state index in [4.69, 9.17) is 23.2 Å². The average molecular weight is 474 g/mol. The number of rotatable bonds is 4. The Labute approximate surface area is 180 Å². The molecule has 0 bridgehead atoms. The third kappa shape index (κ3) is 3.85. The van der Waals surface area contributed by atoms with E-state index in [0.29, 0.717) is 33.5 Å². The van der Waals surface area contributed by atoms with Crippen LogP contribution in [0.15, 0.2) is 41.3 Å². The van der Waals surface area contributed by atoms with Crippen LogP contribution in [0.1, 0.15) is 12.8 Å². The molecule has 2 aromatic carbocycles. The van der Waals surface area contributed by atoms with E-state index in [1.165, 1.54) is 23.5 Å². The van der Waals surface area contributed by atoms with Gasteiger partial charge < -0.3 is 5.32 Å². The first-order chi connectivity index (χ1) is 13.8. The standard InChI is InChI=1S/C18H14Cl2FN3O3S2/c19-12-7-8-14-16(15(12)20)22-18(28-14)23-17(25)13-2-1-9-24(13)29(26,27)11-5-3-10(21)4-6-11/h3-8,13H,1-2,9H2,(H,22,23,25). The fourth-order valence-corrected chi connectivity index (χ4v) is 6.16. The number of nitrogens with zero attached hydrogens (tertiary/aromatic N) is 2. The monoisotopic (exact) mass is 473 g/mol. The lowest BCUT2D eigenvalue weighted by molar-refractivity contribution is -0.119. The highest BCUT2D eigenvalue weighted by molar-refractivity contribution is 7.89. The van der Waals surface area contributed by atoms with Crippen molar-refractivity contribution in [2.45, 2.75) is 23.8 Å². The molecule has 1 amide bonds. The fourth-order valence-electron chi connectivity index (χ4n) is 3.21. The Kier molecular flexibility index (Phi) is 5.52. The van der Waals surface area contributed by atoms with Crippen LogP contribution in [0, 0.1) is 5.82 Å². The maximum absolute atomic E-state index is 13.1. The molecule has 11 heteroatoms. The molecule has 0 saturated carbocycles. The van der Waals surface area contributed by atoms with E-state index in [0.717, 1.165) is 21.1 Å². The van der Waals surface area contributed by atoms with Crippen LogP contribution in [0.3, 0.4) is 0 Å². The van der Waals surface area contributed by atoms with Gasteiger partial charge in [0.25, 0.3) is 0 Å². The first-order valence-electron chi connectivity index (χ1n) is 8.60. The average Bonchev–Trinajstić information content (AvgIpc) is 3.33. The molecular formula is C18H14Cl2FN3O3S2. The summed E-state index contributed by atoms with van der Waals surface area (Å²) in [5.41, 5.74) is 0.474. The summed E-state index contributed by atoms with van der Waals surface area (Å²) in [7, 11) is -3.93. The molecule has 4 rings (SSSR count). The molecule has 2 heterocycles. The largest absolute Gasteiger partial charge is 0.301 e. The molecule has 0 aliphatic carbocycles. The maximum Gasteiger partial charge on any atom is 0.244 e. The molecule has 3 aromatic rings. The van der Waals surface area contributed by atoms with Gasteiger partial charge in [-0.15, -0.1) is 0 Å². The molecule has 1 saturated heterocycles. The molecule has 6 nitrogen and oxygen atoms in total. The summed E-state index contributed by atoms with van der Waals surface area (Å²) in [6.07, 6.45) is 0.920. The van der Waals surface area contributed by atoms with E-state index >= 15 is 0 Å². The Hall–Kier alpha value is -1.78. The second-order valence-electron chi connectivity index (χ2n) is 6.44. The Balaban J connectivity index is 1.58. The predicted molar refractivity (Wildman–Crippen MR) is 112 cm³/mol. The summed E-state index contributed by atoms with van der Waals surface area (Å²) in [5.74, 6) is -1.01. The van der Waals surface area contributed by atoms with Crippen molar-refractivity contribution in [3.8, 4) is 0 Å². The van der Waals surface area contributed by atoms with E-state index < -0.39 is 27.8 Å². The van der Waals surface area contributed by atoms with Crippen molar-refractivity contribution in [1.29, 1.82) is 0 Å². The smallest absolute Gasteiger partial charge is 0.244 e. The topological polar surface area (TPSA) is 79.4 Å². The van der Waals surface area contributed by atoms with Gasteiger partial charge in [-0.2, -0.15) is 4.31 Å². The number of carbonyl (C=O) groups excluding carboxylic acids is 1. The number of aromatic nitrogens is 1. The lowest BCUT2D eigenvalue weighted by atomic mass is 10.2. The van der Waals surface area contributed by atoms with Gasteiger partial charge in [-0.3, -0.25) is 4.79 Å². The van der Waals surface area contributed by atoms with Crippen LogP contribution in [0.5, 0.6) is 0 Å². The molecule has 29 heavy (non-hydrogen) atoms. The van der Waals surface area contributed by atoms with E-state index in [9.17, 15) is 17.6 Å². The van der Waals surface area contributed by atoms with Crippen LogP contribution in [0.4, 0.5) is 9.52 Å². The van der Waals surface area contributed by atoms with Crippen LogP contribution in [-0.2, 0) is 14.8 Å². The zero-order valence-electron chi connectivity index (χ0n) is 14.7. The first kappa shape index (κ1) is 20.5. The van der Waals surface area contributed by atoms with Crippen molar-refractivity contribution in [1.82, 2.24) is 9.29 Å². The minimum atomic E-state index is -3.93. The maximum atomic E-state index is 13.1. The molecule has 1 aliphatic heterocycles. The molecule has 1 fully saturated rings. The second-order valence-corrected chi connectivity index (χ2v) is 10.2.